The van der Waals surface area contributed by atoms with Crippen LogP contribution in [0.5, 0.6) is 5.88 Å². The summed E-state index contributed by atoms with van der Waals surface area (Å²) in [5, 5.41) is 5.40. The molecule has 0 radical (unpaired) electrons. The Hall–Kier alpha value is -3.02. The third-order valence-corrected chi connectivity index (χ3v) is 7.06. The first-order valence-electron chi connectivity index (χ1n) is 11.1. The Bertz CT molecular complexity index is 1250. The van der Waals surface area contributed by atoms with Crippen molar-refractivity contribution in [2.45, 2.75) is 38.9 Å². The van der Waals surface area contributed by atoms with Crippen molar-refractivity contribution in [3.63, 3.8) is 0 Å². The number of allylic oxidation sites excluding steroid dienone is 1. The summed E-state index contributed by atoms with van der Waals surface area (Å²) in [6.45, 7) is 3.86. The van der Waals surface area contributed by atoms with Crippen LogP contribution in [0.2, 0.25) is 0 Å². The molecule has 2 saturated carbocycles. The minimum Gasteiger partial charge on any atom is -0.479 e. The number of aromatic nitrogens is 2. The van der Waals surface area contributed by atoms with Crippen LogP contribution < -0.4 is 15.4 Å². The maximum Gasteiger partial charge on any atom is 0.419 e. The number of rotatable bonds is 5. The van der Waals surface area contributed by atoms with Gasteiger partial charge in [-0.25, -0.2) is 14.4 Å². The van der Waals surface area contributed by atoms with E-state index in [0.717, 1.165) is 23.6 Å². The van der Waals surface area contributed by atoms with Gasteiger partial charge < -0.3 is 15.4 Å². The Balaban J connectivity index is 1.65. The molecule has 4 atom stereocenters. The van der Waals surface area contributed by atoms with Crippen LogP contribution >= 0.6 is 15.9 Å². The van der Waals surface area contributed by atoms with Gasteiger partial charge in [-0.3, -0.25) is 9.59 Å². The number of hydrogen-bond acceptors (Lipinski definition) is 5. The summed E-state index contributed by atoms with van der Waals surface area (Å²) in [5.41, 5.74) is 0.366. The standard InChI is InChI=1S/C24H23BrF4N4O3/c1-10(2)17-12-5-6-13(17)19(33-22(35)20-23(36-3)30-9-16(25)32-20)18(12)21(34)31-11-4-7-15(26)14(8-11)24(27,28)29/h4,7-9,12-13,18-19H,5-6H2,1-3H3,(H,31,34)(H,33,35)/t12?,13?,18-,19+/m0/s1. The van der Waals surface area contributed by atoms with Crippen LogP contribution in [0.3, 0.4) is 0 Å². The van der Waals surface area contributed by atoms with E-state index in [-0.39, 0.29) is 29.1 Å². The van der Waals surface area contributed by atoms with E-state index in [0.29, 0.717) is 23.2 Å². The summed E-state index contributed by atoms with van der Waals surface area (Å²) in [5.74, 6) is -3.63. The van der Waals surface area contributed by atoms with E-state index in [4.69, 9.17) is 4.74 Å². The Labute approximate surface area is 212 Å². The Morgan fingerprint density at radius 1 is 1.17 bits per heavy atom. The molecule has 2 aliphatic carbocycles. The maximum atomic E-state index is 13.7. The third kappa shape index (κ3) is 4.82. The van der Waals surface area contributed by atoms with Crippen molar-refractivity contribution in [2.24, 2.45) is 17.8 Å². The Kier molecular flexibility index (Phi) is 7.09. The van der Waals surface area contributed by atoms with Crippen molar-refractivity contribution in [3.8, 4) is 5.88 Å². The van der Waals surface area contributed by atoms with Gasteiger partial charge in [-0.05, 0) is 66.7 Å². The van der Waals surface area contributed by atoms with Crippen molar-refractivity contribution in [1.29, 1.82) is 0 Å². The molecule has 2 aromatic rings. The quantitative estimate of drug-likeness (QED) is 0.384. The highest BCUT2D eigenvalue weighted by molar-refractivity contribution is 9.10. The largest absolute Gasteiger partial charge is 0.479 e. The lowest BCUT2D eigenvalue weighted by atomic mass is 9.83. The van der Waals surface area contributed by atoms with Crippen LogP contribution in [0.1, 0.15) is 42.7 Å². The van der Waals surface area contributed by atoms with E-state index in [1.165, 1.54) is 13.3 Å². The summed E-state index contributed by atoms with van der Waals surface area (Å²) in [4.78, 5) is 34.7. The van der Waals surface area contributed by atoms with Gasteiger partial charge in [0.05, 0.1) is 24.8 Å². The lowest BCUT2D eigenvalue weighted by Crippen LogP contribution is -2.48. The van der Waals surface area contributed by atoms with Crippen molar-refractivity contribution in [3.05, 3.63) is 57.2 Å². The summed E-state index contributed by atoms with van der Waals surface area (Å²) in [6, 6.07) is 1.68. The second-order valence-corrected chi connectivity index (χ2v) is 9.82. The molecule has 1 heterocycles. The average molecular weight is 571 g/mol. The molecular weight excluding hydrogens is 548 g/mol. The molecule has 2 unspecified atom stereocenters. The number of hydrogen-bond donors (Lipinski definition) is 2. The second kappa shape index (κ2) is 9.79. The number of amides is 2. The topological polar surface area (TPSA) is 93.2 Å². The molecule has 0 saturated heterocycles. The van der Waals surface area contributed by atoms with E-state index in [1.807, 2.05) is 13.8 Å². The van der Waals surface area contributed by atoms with Crippen molar-refractivity contribution in [2.75, 3.05) is 12.4 Å². The minimum absolute atomic E-state index is 0.00767. The molecule has 12 heteroatoms. The number of anilines is 1. The number of benzene rings is 1. The molecule has 2 fully saturated rings. The third-order valence-electron chi connectivity index (χ3n) is 6.68. The second-order valence-electron chi connectivity index (χ2n) is 9.00. The number of ether oxygens (including phenoxy) is 1. The van der Waals surface area contributed by atoms with E-state index < -0.39 is 41.3 Å². The van der Waals surface area contributed by atoms with Gasteiger partial charge in [-0.1, -0.05) is 11.1 Å². The monoisotopic (exact) mass is 570 g/mol. The Morgan fingerprint density at radius 3 is 2.50 bits per heavy atom. The molecule has 2 aliphatic rings. The van der Waals surface area contributed by atoms with Crippen molar-refractivity contribution < 1.29 is 31.9 Å². The molecule has 2 bridgehead atoms. The summed E-state index contributed by atoms with van der Waals surface area (Å²) in [6.07, 6.45) is -2.08. The predicted octanol–water partition coefficient (Wildman–Crippen LogP) is 5.14. The van der Waals surface area contributed by atoms with Gasteiger partial charge in [0.25, 0.3) is 5.91 Å². The van der Waals surface area contributed by atoms with Crippen LogP contribution in [-0.4, -0.2) is 34.9 Å². The summed E-state index contributed by atoms with van der Waals surface area (Å²) in [7, 11) is 1.35. The molecule has 4 rings (SSSR count). The zero-order valence-electron chi connectivity index (χ0n) is 19.5. The van der Waals surface area contributed by atoms with Crippen molar-refractivity contribution >= 4 is 33.4 Å². The molecule has 2 N–H and O–H groups in total. The number of methoxy groups -OCH3 is 1. The SMILES string of the molecule is COc1ncc(Br)nc1C(=O)N[C@@H]1C2CCC(C2=C(C)C)[C@@H]1C(=O)Nc1ccc(F)c(C(F)(F)F)c1. The van der Waals surface area contributed by atoms with Crippen molar-refractivity contribution in [1.82, 2.24) is 15.3 Å². The molecule has 1 aromatic carbocycles. The first kappa shape index (κ1) is 26.1. The first-order chi connectivity index (χ1) is 16.9. The fraction of sp³-hybridized carbons (Fsp3) is 0.417. The number of halogens is 5. The molecular formula is C24H23BrF4N4O3. The van der Waals surface area contributed by atoms with E-state index in [2.05, 4.69) is 36.5 Å². The predicted molar refractivity (Wildman–Crippen MR) is 126 cm³/mol. The zero-order valence-corrected chi connectivity index (χ0v) is 21.1. The lowest BCUT2D eigenvalue weighted by molar-refractivity contribution is -0.140. The van der Waals surface area contributed by atoms with Gasteiger partial charge in [0.2, 0.25) is 11.8 Å². The highest BCUT2D eigenvalue weighted by atomic mass is 79.9. The normalized spacial score (nSPS) is 22.9. The molecule has 192 valence electrons. The lowest BCUT2D eigenvalue weighted by Gasteiger charge is -2.30. The number of carbonyl (C=O) groups excluding carboxylic acids is 2. The fourth-order valence-corrected chi connectivity index (χ4v) is 5.67. The van der Waals surface area contributed by atoms with Crippen LogP contribution in [0, 0.1) is 23.6 Å². The molecule has 36 heavy (non-hydrogen) atoms. The number of carbonyl (C=O) groups is 2. The molecule has 2 amide bonds. The van der Waals surface area contributed by atoms with E-state index >= 15 is 0 Å². The number of alkyl halides is 3. The highest BCUT2D eigenvalue weighted by Gasteiger charge is 2.55. The average Bonchev–Trinajstić information content (AvgIpc) is 3.36. The molecule has 0 spiro atoms. The minimum atomic E-state index is -4.91. The van der Waals surface area contributed by atoms with Gasteiger partial charge in [0.15, 0.2) is 5.69 Å². The Morgan fingerprint density at radius 2 is 1.86 bits per heavy atom. The smallest absolute Gasteiger partial charge is 0.419 e. The summed E-state index contributed by atoms with van der Waals surface area (Å²) < 4.78 is 58.6. The van der Waals surface area contributed by atoms with E-state index in [9.17, 15) is 27.2 Å². The molecule has 7 nitrogen and oxygen atoms in total. The number of nitrogens with one attached hydrogen (secondary N) is 2. The number of nitrogens with zero attached hydrogens (tertiary/aromatic N) is 2. The van der Waals surface area contributed by atoms with Crippen LogP contribution in [-0.2, 0) is 11.0 Å². The maximum absolute atomic E-state index is 13.7. The van der Waals surface area contributed by atoms with Crippen LogP contribution in [0.4, 0.5) is 23.2 Å². The highest BCUT2D eigenvalue weighted by Crippen LogP contribution is 2.54. The zero-order chi connectivity index (χ0) is 26.4. The first-order valence-corrected chi connectivity index (χ1v) is 11.9. The van der Waals surface area contributed by atoms with Crippen LogP contribution in [0.15, 0.2) is 40.1 Å². The van der Waals surface area contributed by atoms with Crippen LogP contribution in [0.25, 0.3) is 0 Å². The van der Waals surface area contributed by atoms with Gasteiger partial charge in [0.1, 0.15) is 10.4 Å². The van der Waals surface area contributed by atoms with Gasteiger partial charge in [0, 0.05) is 17.6 Å². The molecule has 1 aromatic heterocycles. The van der Waals surface area contributed by atoms with Gasteiger partial charge in [-0.15, -0.1) is 0 Å². The number of fused-ring (bicyclic) bond motifs is 2. The fourth-order valence-electron chi connectivity index (χ4n) is 5.39. The van der Waals surface area contributed by atoms with E-state index in [1.54, 1.807) is 0 Å². The van der Waals surface area contributed by atoms with Gasteiger partial charge >= 0.3 is 6.18 Å². The van der Waals surface area contributed by atoms with Gasteiger partial charge in [-0.2, -0.15) is 13.2 Å². The molecule has 0 aliphatic heterocycles. The summed E-state index contributed by atoms with van der Waals surface area (Å²) >= 11 is 3.18.